The number of ether oxygens (including phenoxy) is 2. The average Bonchev–Trinajstić information content (AvgIpc) is 2.64. The first-order chi connectivity index (χ1) is 12.5. The monoisotopic (exact) mass is 363 g/mol. The van der Waals surface area contributed by atoms with Crippen LogP contribution in [0.5, 0.6) is 11.5 Å². The number of hydrazone groups is 1. The van der Waals surface area contributed by atoms with Gasteiger partial charge in [-0.1, -0.05) is 24.3 Å². The molecule has 0 heterocycles. The molecule has 2 aromatic carbocycles. The summed E-state index contributed by atoms with van der Waals surface area (Å²) >= 11 is 0. The molecule has 0 bridgehead atoms. The van der Waals surface area contributed by atoms with E-state index in [4.69, 9.17) is 4.74 Å². The molecule has 2 N–H and O–H groups in total. The normalized spacial score (nSPS) is 11.2. The predicted octanol–water partition coefficient (Wildman–Crippen LogP) is 3.25. The fourth-order valence-electron chi connectivity index (χ4n) is 2.11. The molecule has 26 heavy (non-hydrogen) atoms. The Morgan fingerprint density at radius 3 is 2.69 bits per heavy atom. The second-order valence-corrected chi connectivity index (χ2v) is 5.19. The van der Waals surface area contributed by atoms with E-state index in [9.17, 15) is 13.6 Å². The lowest BCUT2D eigenvalue weighted by molar-refractivity contribution is -0.119. The molecule has 1 amide bonds. The zero-order valence-corrected chi connectivity index (χ0v) is 14.3. The summed E-state index contributed by atoms with van der Waals surface area (Å²) in [5.41, 5.74) is 4.10. The van der Waals surface area contributed by atoms with E-state index in [0.29, 0.717) is 22.7 Å². The summed E-state index contributed by atoms with van der Waals surface area (Å²) in [6, 6.07) is 13.3. The zero-order chi connectivity index (χ0) is 18.9. The fourth-order valence-corrected chi connectivity index (χ4v) is 2.11. The third-order valence-corrected chi connectivity index (χ3v) is 3.37. The van der Waals surface area contributed by atoms with Crippen LogP contribution in [0.3, 0.4) is 0 Å². The van der Waals surface area contributed by atoms with Crippen molar-refractivity contribution in [3.8, 4) is 11.5 Å². The lowest BCUT2D eigenvalue weighted by atomic mass is 10.1. The predicted molar refractivity (Wildman–Crippen MR) is 94.9 cm³/mol. The van der Waals surface area contributed by atoms with Crippen molar-refractivity contribution < 1.29 is 23.0 Å². The number of para-hydroxylation sites is 2. The molecular weight excluding hydrogens is 344 g/mol. The van der Waals surface area contributed by atoms with Crippen molar-refractivity contribution in [2.24, 2.45) is 5.10 Å². The van der Waals surface area contributed by atoms with Gasteiger partial charge in [0.25, 0.3) is 5.91 Å². The number of nitrogens with zero attached hydrogens (tertiary/aromatic N) is 1. The van der Waals surface area contributed by atoms with Gasteiger partial charge in [-0.3, -0.25) is 4.79 Å². The zero-order valence-electron chi connectivity index (χ0n) is 14.3. The Morgan fingerprint density at radius 1 is 1.19 bits per heavy atom. The van der Waals surface area contributed by atoms with Crippen LogP contribution >= 0.6 is 0 Å². The average molecular weight is 363 g/mol. The molecule has 0 unspecified atom stereocenters. The van der Waals surface area contributed by atoms with Crippen LogP contribution in [-0.4, -0.2) is 31.9 Å². The molecule has 8 heteroatoms. The maximum atomic E-state index is 12.3. The number of benzene rings is 2. The molecule has 0 atom stereocenters. The van der Waals surface area contributed by atoms with E-state index < -0.39 is 6.61 Å². The van der Waals surface area contributed by atoms with Crippen molar-refractivity contribution in [2.75, 3.05) is 19.0 Å². The molecule has 0 aliphatic carbocycles. The van der Waals surface area contributed by atoms with Gasteiger partial charge in [0, 0.05) is 5.56 Å². The third kappa shape index (κ3) is 5.73. The Hall–Kier alpha value is -3.16. The van der Waals surface area contributed by atoms with Crippen molar-refractivity contribution in [3.63, 3.8) is 0 Å². The number of alkyl halides is 2. The highest BCUT2D eigenvalue weighted by Gasteiger charge is 2.07. The van der Waals surface area contributed by atoms with Gasteiger partial charge in [-0.25, -0.2) is 5.43 Å². The molecule has 0 radical (unpaired) electrons. The second kappa shape index (κ2) is 9.36. The van der Waals surface area contributed by atoms with Gasteiger partial charge in [-0.05, 0) is 31.2 Å². The standard InChI is InChI=1S/C18H19F2N3O3/c1-12(13-6-5-7-14(10-13)26-18(19)20)22-23-17(24)11-21-15-8-3-4-9-16(15)25-2/h3-10,18,21H,11H2,1-2H3,(H,23,24)/b22-12-. The van der Waals surface area contributed by atoms with Gasteiger partial charge in [0.1, 0.15) is 11.5 Å². The minimum absolute atomic E-state index is 0.00825. The highest BCUT2D eigenvalue weighted by atomic mass is 19.3. The first-order valence-corrected chi connectivity index (χ1v) is 7.75. The molecule has 2 aromatic rings. The smallest absolute Gasteiger partial charge is 0.387 e. The van der Waals surface area contributed by atoms with Crippen LogP contribution in [0.25, 0.3) is 0 Å². The highest BCUT2D eigenvalue weighted by molar-refractivity contribution is 5.99. The van der Waals surface area contributed by atoms with Crippen LogP contribution in [0.4, 0.5) is 14.5 Å². The van der Waals surface area contributed by atoms with E-state index in [0.717, 1.165) is 0 Å². The maximum Gasteiger partial charge on any atom is 0.387 e. The van der Waals surface area contributed by atoms with Gasteiger partial charge < -0.3 is 14.8 Å². The number of amides is 1. The minimum atomic E-state index is -2.90. The number of hydrogen-bond acceptors (Lipinski definition) is 5. The molecule has 0 aliphatic rings. The Morgan fingerprint density at radius 2 is 1.96 bits per heavy atom. The molecule has 6 nitrogen and oxygen atoms in total. The summed E-state index contributed by atoms with van der Waals surface area (Å²) in [5, 5.41) is 6.92. The van der Waals surface area contributed by atoms with Crippen molar-refractivity contribution in [3.05, 3.63) is 54.1 Å². The number of carbonyl (C=O) groups excluding carboxylic acids is 1. The molecule has 0 aromatic heterocycles. The topological polar surface area (TPSA) is 72.0 Å². The number of methoxy groups -OCH3 is 1. The lowest BCUT2D eigenvalue weighted by Crippen LogP contribution is -2.26. The van der Waals surface area contributed by atoms with Gasteiger partial charge in [0.2, 0.25) is 0 Å². The van der Waals surface area contributed by atoms with E-state index >= 15 is 0 Å². The Labute approximate surface area is 149 Å². The molecule has 2 rings (SSSR count). The van der Waals surface area contributed by atoms with Crippen LogP contribution in [-0.2, 0) is 4.79 Å². The number of anilines is 1. The first-order valence-electron chi connectivity index (χ1n) is 7.75. The lowest BCUT2D eigenvalue weighted by Gasteiger charge is -2.10. The summed E-state index contributed by atoms with van der Waals surface area (Å²) in [5.74, 6) is 0.280. The van der Waals surface area contributed by atoms with Crippen LogP contribution in [0.15, 0.2) is 53.6 Å². The molecule has 0 saturated carbocycles. The number of carbonyl (C=O) groups is 1. The summed E-state index contributed by atoms with van der Waals surface area (Å²) in [6.45, 7) is -1.26. The quantitative estimate of drug-likeness (QED) is 0.558. The van der Waals surface area contributed by atoms with E-state index in [1.54, 1.807) is 38.3 Å². The van der Waals surface area contributed by atoms with E-state index in [-0.39, 0.29) is 18.2 Å². The van der Waals surface area contributed by atoms with Crippen LogP contribution in [0, 0.1) is 0 Å². The Kier molecular flexibility index (Phi) is 6.90. The van der Waals surface area contributed by atoms with Crippen molar-refractivity contribution in [2.45, 2.75) is 13.5 Å². The Bertz CT molecular complexity index is 782. The van der Waals surface area contributed by atoms with Gasteiger partial charge in [-0.15, -0.1) is 0 Å². The number of rotatable bonds is 8. The fraction of sp³-hybridized carbons (Fsp3) is 0.222. The summed E-state index contributed by atoms with van der Waals surface area (Å²) < 4.78 is 34.0. The first kappa shape index (κ1) is 19.2. The molecular formula is C18H19F2N3O3. The summed E-state index contributed by atoms with van der Waals surface area (Å²) in [6.07, 6.45) is 0. The molecule has 0 aliphatic heterocycles. The summed E-state index contributed by atoms with van der Waals surface area (Å²) in [4.78, 5) is 11.9. The number of hydrogen-bond donors (Lipinski definition) is 2. The largest absolute Gasteiger partial charge is 0.495 e. The third-order valence-electron chi connectivity index (χ3n) is 3.37. The number of nitrogens with one attached hydrogen (secondary N) is 2. The van der Waals surface area contributed by atoms with Crippen LogP contribution < -0.4 is 20.2 Å². The Balaban J connectivity index is 1.92. The van der Waals surface area contributed by atoms with Gasteiger partial charge >= 0.3 is 6.61 Å². The summed E-state index contributed by atoms with van der Waals surface area (Å²) in [7, 11) is 1.54. The second-order valence-electron chi connectivity index (χ2n) is 5.19. The van der Waals surface area contributed by atoms with Gasteiger partial charge in [0.05, 0.1) is 25.1 Å². The van der Waals surface area contributed by atoms with E-state index in [1.807, 2.05) is 12.1 Å². The molecule has 0 fully saturated rings. The van der Waals surface area contributed by atoms with Crippen LogP contribution in [0.2, 0.25) is 0 Å². The van der Waals surface area contributed by atoms with Crippen molar-refractivity contribution in [1.82, 2.24) is 5.43 Å². The molecule has 138 valence electrons. The van der Waals surface area contributed by atoms with Crippen molar-refractivity contribution >= 4 is 17.3 Å². The SMILES string of the molecule is COc1ccccc1NCC(=O)N/N=C(/C)c1cccc(OC(F)F)c1. The van der Waals surface area contributed by atoms with E-state index in [1.165, 1.54) is 12.1 Å². The van der Waals surface area contributed by atoms with Crippen LogP contribution in [0.1, 0.15) is 12.5 Å². The molecule has 0 spiro atoms. The number of halogens is 2. The minimum Gasteiger partial charge on any atom is -0.495 e. The highest BCUT2D eigenvalue weighted by Crippen LogP contribution is 2.22. The van der Waals surface area contributed by atoms with E-state index in [2.05, 4.69) is 20.6 Å². The van der Waals surface area contributed by atoms with Gasteiger partial charge in [0.15, 0.2) is 0 Å². The maximum absolute atomic E-state index is 12.3. The molecule has 0 saturated heterocycles. The van der Waals surface area contributed by atoms with Gasteiger partial charge in [-0.2, -0.15) is 13.9 Å². The van der Waals surface area contributed by atoms with Crippen molar-refractivity contribution in [1.29, 1.82) is 0 Å².